The fraction of sp³-hybridized carbons (Fsp3) is 0.533. The van der Waals surface area contributed by atoms with E-state index in [0.29, 0.717) is 0 Å². The molecule has 0 spiro atoms. The lowest BCUT2D eigenvalue weighted by Crippen LogP contribution is -2.24. The van der Waals surface area contributed by atoms with Gasteiger partial charge in [-0.15, -0.1) is 0 Å². The molecule has 0 saturated heterocycles. The third-order valence-corrected chi connectivity index (χ3v) is 3.07. The maximum Gasteiger partial charge on any atom is 0.101 e. The fourth-order valence-corrected chi connectivity index (χ4v) is 2.06. The van der Waals surface area contributed by atoms with Gasteiger partial charge in [0.05, 0.1) is 11.3 Å². The summed E-state index contributed by atoms with van der Waals surface area (Å²) < 4.78 is 0. The second kappa shape index (κ2) is 7.78. The van der Waals surface area contributed by atoms with E-state index < -0.39 is 0 Å². The summed E-state index contributed by atoms with van der Waals surface area (Å²) >= 11 is 0. The van der Waals surface area contributed by atoms with Gasteiger partial charge in [0.25, 0.3) is 0 Å². The minimum atomic E-state index is 0.750. The number of anilines is 1. The topological polar surface area (TPSA) is 42.3 Å². The molecule has 0 fully saturated rings. The number of rotatable bonds is 7. The van der Waals surface area contributed by atoms with Gasteiger partial charge in [-0.1, -0.05) is 6.07 Å². The van der Waals surface area contributed by atoms with Crippen molar-refractivity contribution in [3.8, 4) is 6.07 Å². The summed E-state index contributed by atoms with van der Waals surface area (Å²) in [6.45, 7) is 2.81. The van der Waals surface area contributed by atoms with Crippen LogP contribution in [-0.4, -0.2) is 46.2 Å². The molecule has 0 radical (unpaired) electrons. The average molecular weight is 260 g/mol. The molecular formula is C15H24N4. The Labute approximate surface area is 116 Å². The van der Waals surface area contributed by atoms with Crippen molar-refractivity contribution in [3.63, 3.8) is 0 Å². The molecule has 0 aliphatic heterocycles. The molecule has 19 heavy (non-hydrogen) atoms. The Kier molecular flexibility index (Phi) is 6.34. The minimum absolute atomic E-state index is 0.750. The Morgan fingerprint density at radius 3 is 2.53 bits per heavy atom. The molecule has 4 nitrogen and oxygen atoms in total. The first-order chi connectivity index (χ1) is 9.08. The standard InChI is InChI=1S/C15H24N4/c1-17-12-13-6-7-15(14(10-13)11-16)19(4)9-5-8-18(2)3/h6-7,10,17H,5,8-9,12H2,1-4H3. The van der Waals surface area contributed by atoms with Crippen LogP contribution < -0.4 is 10.2 Å². The van der Waals surface area contributed by atoms with E-state index in [0.717, 1.165) is 42.9 Å². The Balaban J connectivity index is 2.73. The van der Waals surface area contributed by atoms with Crippen molar-refractivity contribution in [2.24, 2.45) is 0 Å². The first kappa shape index (κ1) is 15.5. The largest absolute Gasteiger partial charge is 0.373 e. The quantitative estimate of drug-likeness (QED) is 0.810. The second-order valence-electron chi connectivity index (χ2n) is 5.07. The molecule has 0 amide bonds. The number of hydrogen-bond donors (Lipinski definition) is 1. The van der Waals surface area contributed by atoms with E-state index in [-0.39, 0.29) is 0 Å². The molecule has 0 heterocycles. The Hall–Kier alpha value is -1.57. The highest BCUT2D eigenvalue weighted by Crippen LogP contribution is 2.20. The zero-order chi connectivity index (χ0) is 14.3. The first-order valence-electron chi connectivity index (χ1n) is 6.62. The van der Waals surface area contributed by atoms with E-state index in [4.69, 9.17) is 0 Å². The SMILES string of the molecule is CNCc1ccc(N(C)CCCN(C)C)c(C#N)c1. The third kappa shape index (κ3) is 4.90. The van der Waals surface area contributed by atoms with Crippen LogP contribution in [0.2, 0.25) is 0 Å². The fourth-order valence-electron chi connectivity index (χ4n) is 2.06. The van der Waals surface area contributed by atoms with Crippen LogP contribution in [0.5, 0.6) is 0 Å². The Morgan fingerprint density at radius 1 is 1.21 bits per heavy atom. The lowest BCUT2D eigenvalue weighted by Gasteiger charge is -2.22. The molecule has 1 aromatic rings. The summed E-state index contributed by atoms with van der Waals surface area (Å²) in [5, 5.41) is 12.4. The van der Waals surface area contributed by atoms with E-state index in [9.17, 15) is 5.26 Å². The summed E-state index contributed by atoms with van der Waals surface area (Å²) in [6.07, 6.45) is 1.09. The molecule has 1 N–H and O–H groups in total. The normalized spacial score (nSPS) is 10.5. The van der Waals surface area contributed by atoms with Gasteiger partial charge in [0.1, 0.15) is 6.07 Å². The molecular weight excluding hydrogens is 236 g/mol. The van der Waals surface area contributed by atoms with Crippen molar-refractivity contribution in [3.05, 3.63) is 29.3 Å². The number of nitriles is 1. The van der Waals surface area contributed by atoms with Crippen molar-refractivity contribution in [1.82, 2.24) is 10.2 Å². The van der Waals surface area contributed by atoms with Crippen LogP contribution in [0.3, 0.4) is 0 Å². The molecule has 1 aromatic carbocycles. The smallest absolute Gasteiger partial charge is 0.101 e. The summed E-state index contributed by atoms with van der Waals surface area (Å²) in [5.74, 6) is 0. The molecule has 4 heteroatoms. The monoisotopic (exact) mass is 260 g/mol. The lowest BCUT2D eigenvalue weighted by atomic mass is 10.1. The van der Waals surface area contributed by atoms with Crippen LogP contribution in [0.15, 0.2) is 18.2 Å². The van der Waals surface area contributed by atoms with Crippen molar-refractivity contribution in [1.29, 1.82) is 5.26 Å². The van der Waals surface area contributed by atoms with Gasteiger partial charge in [0, 0.05) is 20.1 Å². The van der Waals surface area contributed by atoms with Gasteiger partial charge < -0.3 is 15.1 Å². The number of hydrogen-bond acceptors (Lipinski definition) is 4. The van der Waals surface area contributed by atoms with E-state index in [1.165, 1.54) is 0 Å². The number of nitrogens with one attached hydrogen (secondary N) is 1. The molecule has 0 unspecified atom stereocenters. The van der Waals surface area contributed by atoms with E-state index in [1.807, 2.05) is 26.2 Å². The minimum Gasteiger partial charge on any atom is -0.373 e. The maximum absolute atomic E-state index is 9.27. The highest BCUT2D eigenvalue weighted by molar-refractivity contribution is 5.60. The van der Waals surface area contributed by atoms with Gasteiger partial charge in [0.2, 0.25) is 0 Å². The van der Waals surface area contributed by atoms with Crippen LogP contribution in [-0.2, 0) is 6.54 Å². The van der Waals surface area contributed by atoms with Gasteiger partial charge in [-0.05, 0) is 51.8 Å². The van der Waals surface area contributed by atoms with Crippen LogP contribution in [0.1, 0.15) is 17.5 Å². The molecule has 0 bridgehead atoms. The number of nitrogens with zero attached hydrogens (tertiary/aromatic N) is 3. The molecule has 0 aliphatic rings. The van der Waals surface area contributed by atoms with Crippen molar-refractivity contribution < 1.29 is 0 Å². The highest BCUT2D eigenvalue weighted by atomic mass is 15.1. The predicted octanol–water partition coefficient (Wildman–Crippen LogP) is 1.67. The molecule has 104 valence electrons. The first-order valence-corrected chi connectivity index (χ1v) is 6.62. The molecule has 0 aromatic heterocycles. The van der Waals surface area contributed by atoms with Crippen LogP contribution in [0.25, 0.3) is 0 Å². The van der Waals surface area contributed by atoms with Gasteiger partial charge >= 0.3 is 0 Å². The van der Waals surface area contributed by atoms with Gasteiger partial charge in [-0.25, -0.2) is 0 Å². The van der Waals surface area contributed by atoms with Gasteiger partial charge in [0.15, 0.2) is 0 Å². The summed E-state index contributed by atoms with van der Waals surface area (Å²) in [4.78, 5) is 4.33. The third-order valence-electron chi connectivity index (χ3n) is 3.07. The molecule has 0 saturated carbocycles. The zero-order valence-corrected chi connectivity index (χ0v) is 12.4. The summed E-state index contributed by atoms with van der Waals surface area (Å²) in [7, 11) is 8.11. The lowest BCUT2D eigenvalue weighted by molar-refractivity contribution is 0.401. The summed E-state index contributed by atoms with van der Waals surface area (Å²) in [5.41, 5.74) is 2.91. The van der Waals surface area contributed by atoms with Gasteiger partial charge in [-0.3, -0.25) is 0 Å². The Morgan fingerprint density at radius 2 is 1.95 bits per heavy atom. The molecule has 1 rings (SSSR count). The van der Waals surface area contributed by atoms with E-state index in [1.54, 1.807) is 0 Å². The van der Waals surface area contributed by atoms with Gasteiger partial charge in [-0.2, -0.15) is 5.26 Å². The number of benzene rings is 1. The predicted molar refractivity (Wildman–Crippen MR) is 80.4 cm³/mol. The van der Waals surface area contributed by atoms with Crippen molar-refractivity contribution >= 4 is 5.69 Å². The highest BCUT2D eigenvalue weighted by Gasteiger charge is 2.08. The average Bonchev–Trinajstić information content (AvgIpc) is 2.38. The van der Waals surface area contributed by atoms with Crippen molar-refractivity contribution in [2.75, 3.05) is 46.2 Å². The van der Waals surface area contributed by atoms with Crippen LogP contribution >= 0.6 is 0 Å². The van der Waals surface area contributed by atoms with Crippen molar-refractivity contribution in [2.45, 2.75) is 13.0 Å². The second-order valence-corrected chi connectivity index (χ2v) is 5.07. The maximum atomic E-state index is 9.27. The molecule has 0 atom stereocenters. The Bertz CT molecular complexity index is 434. The van der Waals surface area contributed by atoms with Crippen LogP contribution in [0.4, 0.5) is 5.69 Å². The zero-order valence-electron chi connectivity index (χ0n) is 12.4. The van der Waals surface area contributed by atoms with E-state index >= 15 is 0 Å². The summed E-state index contributed by atoms with van der Waals surface area (Å²) in [6, 6.07) is 8.38. The van der Waals surface area contributed by atoms with E-state index in [2.05, 4.69) is 41.3 Å². The van der Waals surface area contributed by atoms with Crippen LogP contribution in [0, 0.1) is 11.3 Å². The molecule has 0 aliphatic carbocycles.